The summed E-state index contributed by atoms with van der Waals surface area (Å²) in [5, 5.41) is 4.55. The summed E-state index contributed by atoms with van der Waals surface area (Å²) in [6, 6.07) is 64.1. The second-order valence-corrected chi connectivity index (χ2v) is 16.0. The van der Waals surface area contributed by atoms with Gasteiger partial charge in [0.2, 0.25) is 0 Å². The maximum atomic E-state index is 6.79. The lowest BCUT2D eigenvalue weighted by Crippen LogP contribution is -2.14. The molecular weight excluding hydrogens is 721 g/mol. The Morgan fingerprint density at radius 2 is 1.03 bits per heavy atom. The molecule has 11 aromatic rings. The molecule has 12 rings (SSSR count). The van der Waals surface area contributed by atoms with Crippen LogP contribution in [0.25, 0.3) is 106 Å². The van der Waals surface area contributed by atoms with Crippen LogP contribution < -0.4 is 0 Å². The zero-order valence-electron chi connectivity index (χ0n) is 32.5. The Kier molecular flexibility index (Phi) is 7.20. The van der Waals surface area contributed by atoms with Gasteiger partial charge in [0.05, 0.1) is 11.0 Å². The Morgan fingerprint density at radius 3 is 1.83 bits per heavy atom. The van der Waals surface area contributed by atoms with Crippen LogP contribution in [-0.4, -0.2) is 19.5 Å². The minimum absolute atomic E-state index is 0.134. The topological polar surface area (TPSA) is 56.7 Å². The first-order chi connectivity index (χ1) is 29.0. The van der Waals surface area contributed by atoms with Crippen LogP contribution >= 0.6 is 0 Å². The summed E-state index contributed by atoms with van der Waals surface area (Å²) < 4.78 is 9.17. The van der Waals surface area contributed by atoms with Gasteiger partial charge in [-0.2, -0.15) is 0 Å². The third kappa shape index (κ3) is 5.14. The molecule has 0 radical (unpaired) electrons. The van der Waals surface area contributed by atoms with Crippen molar-refractivity contribution in [3.05, 3.63) is 193 Å². The molecule has 1 aliphatic carbocycles. The SMILES string of the molecule is CC1(C)c2ccccc2-c2cc3c(cc21)c1ccc2c4ccccc4oc2c1n3-c1cccc(-c2nc(-c3ccccc3)nc(-c3cccc(-c4ccccc4)c3)n2)c1. The lowest BCUT2D eigenvalue weighted by Gasteiger charge is -2.21. The number of aromatic nitrogens is 4. The van der Waals surface area contributed by atoms with E-state index in [1.807, 2.05) is 42.5 Å². The largest absolute Gasteiger partial charge is 0.454 e. The molecule has 5 nitrogen and oxygen atoms in total. The summed E-state index contributed by atoms with van der Waals surface area (Å²) >= 11 is 0. The van der Waals surface area contributed by atoms with E-state index in [-0.39, 0.29) is 5.41 Å². The van der Waals surface area contributed by atoms with Gasteiger partial charge in [0.1, 0.15) is 5.58 Å². The molecule has 0 saturated heterocycles. The maximum Gasteiger partial charge on any atom is 0.164 e. The Bertz CT molecular complexity index is 3470. The van der Waals surface area contributed by atoms with Gasteiger partial charge < -0.3 is 8.98 Å². The van der Waals surface area contributed by atoms with E-state index in [0.717, 1.165) is 71.9 Å². The van der Waals surface area contributed by atoms with Gasteiger partial charge >= 0.3 is 0 Å². The number of fused-ring (bicyclic) bond motifs is 10. The van der Waals surface area contributed by atoms with Gasteiger partial charge in [-0.1, -0.05) is 153 Å². The van der Waals surface area contributed by atoms with E-state index in [0.29, 0.717) is 17.5 Å². The van der Waals surface area contributed by atoms with Crippen molar-refractivity contribution >= 4 is 43.7 Å². The lowest BCUT2D eigenvalue weighted by molar-refractivity contribution is 0.661. The minimum Gasteiger partial charge on any atom is -0.454 e. The summed E-state index contributed by atoms with van der Waals surface area (Å²) in [4.78, 5) is 15.4. The number of para-hydroxylation sites is 1. The standard InChI is InChI=1S/C54H36N4O/c1-54(2)45-25-11-9-23-39(45)43-32-47-44(31-46(43)54)41-27-28-42-40-24-10-12-26-48(40)59-50(42)49(41)58(47)38-22-14-21-37(30-38)53-56-51(34-17-7-4-8-18-34)55-52(57-53)36-20-13-19-35(29-36)33-15-5-3-6-16-33/h3-32H,1-2H3. The monoisotopic (exact) mass is 756 g/mol. The summed E-state index contributed by atoms with van der Waals surface area (Å²) in [6.45, 7) is 4.68. The molecule has 0 atom stereocenters. The van der Waals surface area contributed by atoms with E-state index in [9.17, 15) is 0 Å². The molecule has 0 unspecified atom stereocenters. The third-order valence-electron chi connectivity index (χ3n) is 12.2. The average Bonchev–Trinajstić information content (AvgIpc) is 3.91. The summed E-state index contributed by atoms with van der Waals surface area (Å²) in [5.74, 6) is 1.85. The third-order valence-corrected chi connectivity index (χ3v) is 12.2. The van der Waals surface area contributed by atoms with Gasteiger partial charge in [-0.05, 0) is 75.8 Å². The highest BCUT2D eigenvalue weighted by Gasteiger charge is 2.36. The van der Waals surface area contributed by atoms with E-state index in [4.69, 9.17) is 19.4 Å². The highest BCUT2D eigenvalue weighted by Crippen LogP contribution is 2.51. The van der Waals surface area contributed by atoms with E-state index in [2.05, 4.69) is 158 Å². The molecule has 0 spiro atoms. The molecule has 59 heavy (non-hydrogen) atoms. The molecule has 3 aromatic heterocycles. The van der Waals surface area contributed by atoms with Crippen LogP contribution in [0.1, 0.15) is 25.0 Å². The second kappa shape index (κ2) is 12.7. The van der Waals surface area contributed by atoms with E-state index in [1.54, 1.807) is 0 Å². The fourth-order valence-electron chi connectivity index (χ4n) is 9.34. The summed E-state index contributed by atoms with van der Waals surface area (Å²) in [6.07, 6.45) is 0. The summed E-state index contributed by atoms with van der Waals surface area (Å²) in [7, 11) is 0. The van der Waals surface area contributed by atoms with Gasteiger partial charge in [0.15, 0.2) is 23.1 Å². The first-order valence-corrected chi connectivity index (χ1v) is 20.1. The van der Waals surface area contributed by atoms with E-state index in [1.165, 1.54) is 27.6 Å². The fourth-order valence-corrected chi connectivity index (χ4v) is 9.34. The van der Waals surface area contributed by atoms with Crippen LogP contribution in [-0.2, 0) is 5.41 Å². The van der Waals surface area contributed by atoms with Crippen molar-refractivity contribution in [3.63, 3.8) is 0 Å². The predicted molar refractivity (Wildman–Crippen MR) is 241 cm³/mol. The van der Waals surface area contributed by atoms with Crippen molar-refractivity contribution in [2.24, 2.45) is 0 Å². The second-order valence-electron chi connectivity index (χ2n) is 16.0. The van der Waals surface area contributed by atoms with Gasteiger partial charge in [-0.3, -0.25) is 0 Å². The zero-order valence-corrected chi connectivity index (χ0v) is 32.5. The van der Waals surface area contributed by atoms with Crippen molar-refractivity contribution in [3.8, 4) is 62.1 Å². The molecule has 0 aliphatic heterocycles. The van der Waals surface area contributed by atoms with E-state index < -0.39 is 0 Å². The minimum atomic E-state index is -0.134. The van der Waals surface area contributed by atoms with Crippen LogP contribution in [0.4, 0.5) is 0 Å². The molecule has 8 aromatic carbocycles. The van der Waals surface area contributed by atoms with Crippen molar-refractivity contribution in [2.75, 3.05) is 0 Å². The van der Waals surface area contributed by atoms with Crippen molar-refractivity contribution in [1.29, 1.82) is 0 Å². The number of benzene rings is 8. The van der Waals surface area contributed by atoms with Crippen LogP contribution in [0, 0.1) is 0 Å². The molecule has 0 saturated carbocycles. The lowest BCUT2D eigenvalue weighted by atomic mass is 9.82. The molecule has 0 amide bonds. The van der Waals surface area contributed by atoms with Crippen LogP contribution in [0.2, 0.25) is 0 Å². The first-order valence-electron chi connectivity index (χ1n) is 20.1. The first kappa shape index (κ1) is 33.5. The molecule has 3 heterocycles. The Hall–Kier alpha value is -7.63. The number of hydrogen-bond acceptors (Lipinski definition) is 4. The van der Waals surface area contributed by atoms with Crippen LogP contribution in [0.5, 0.6) is 0 Å². The van der Waals surface area contributed by atoms with E-state index >= 15 is 0 Å². The Balaban J connectivity index is 1.11. The number of rotatable bonds is 5. The van der Waals surface area contributed by atoms with Gasteiger partial charge in [0.25, 0.3) is 0 Å². The summed E-state index contributed by atoms with van der Waals surface area (Å²) in [5.41, 5.74) is 15.0. The highest BCUT2D eigenvalue weighted by molar-refractivity contribution is 6.22. The Morgan fingerprint density at radius 1 is 0.424 bits per heavy atom. The zero-order chi connectivity index (χ0) is 39.2. The van der Waals surface area contributed by atoms with Gasteiger partial charge in [-0.15, -0.1) is 0 Å². The normalized spacial score (nSPS) is 13.1. The molecule has 1 aliphatic rings. The Labute approximate surface area is 340 Å². The van der Waals surface area contributed by atoms with Gasteiger partial charge in [-0.25, -0.2) is 15.0 Å². The van der Waals surface area contributed by atoms with Crippen LogP contribution in [0.15, 0.2) is 186 Å². The van der Waals surface area contributed by atoms with Crippen molar-refractivity contribution < 1.29 is 4.42 Å². The molecule has 0 N–H and O–H groups in total. The quantitative estimate of drug-likeness (QED) is 0.175. The fraction of sp³-hybridized carbons (Fsp3) is 0.0556. The molecule has 5 heteroatoms. The number of hydrogen-bond donors (Lipinski definition) is 0. The maximum absolute atomic E-state index is 6.79. The van der Waals surface area contributed by atoms with Crippen molar-refractivity contribution in [2.45, 2.75) is 19.3 Å². The molecular formula is C54H36N4O. The molecule has 0 bridgehead atoms. The van der Waals surface area contributed by atoms with Gasteiger partial charge in [0, 0.05) is 49.3 Å². The number of furan rings is 1. The van der Waals surface area contributed by atoms with Crippen molar-refractivity contribution in [1.82, 2.24) is 19.5 Å². The molecule has 0 fully saturated rings. The average molecular weight is 757 g/mol. The molecule has 278 valence electrons. The highest BCUT2D eigenvalue weighted by atomic mass is 16.3. The predicted octanol–water partition coefficient (Wildman–Crippen LogP) is 13.8. The smallest absolute Gasteiger partial charge is 0.164 e. The number of nitrogens with zero attached hydrogens (tertiary/aromatic N) is 4. The van der Waals surface area contributed by atoms with Crippen LogP contribution in [0.3, 0.4) is 0 Å².